The second-order valence-electron chi connectivity index (χ2n) is 15.8. The molecule has 0 radical (unpaired) electrons. The topological polar surface area (TPSA) is 112 Å². The number of anilines is 1. The maximum Gasteiger partial charge on any atom is 0.165 e. The van der Waals surface area contributed by atoms with Crippen LogP contribution in [0.4, 0.5) is 5.82 Å². The normalized spacial score (nSPS) is 18.4. The van der Waals surface area contributed by atoms with Crippen LogP contribution >= 0.6 is 0 Å². The van der Waals surface area contributed by atoms with E-state index in [0.717, 1.165) is 58.9 Å². The minimum Gasteiger partial charge on any atom is -0.382 e. The summed E-state index contributed by atoms with van der Waals surface area (Å²) in [5, 5.41) is 19.7. The molecule has 13 heteroatoms. The molecule has 0 aliphatic heterocycles. The van der Waals surface area contributed by atoms with E-state index in [1.807, 2.05) is 58.1 Å². The van der Waals surface area contributed by atoms with Gasteiger partial charge in [0.25, 0.3) is 0 Å². The van der Waals surface area contributed by atoms with E-state index in [0.29, 0.717) is 52.7 Å². The molecule has 1 saturated carbocycles. The zero-order valence-electron chi connectivity index (χ0n) is 31.0. The number of hydrogen-bond donors (Lipinski definition) is 0. The summed E-state index contributed by atoms with van der Waals surface area (Å²) in [7, 11) is -0.882. The Morgan fingerprint density at radius 1 is 0.900 bits per heavy atom. The van der Waals surface area contributed by atoms with Crippen molar-refractivity contribution in [1.82, 2.24) is 24.4 Å². The number of rotatable bonds is 18. The first-order chi connectivity index (χ1) is 23.9. The van der Waals surface area contributed by atoms with Gasteiger partial charge in [0, 0.05) is 71.5 Å². The number of fused-ring (bicyclic) bond motifs is 1. The first kappa shape index (κ1) is 37.9. The highest BCUT2D eigenvalue weighted by atomic mass is 28.3. The third kappa shape index (κ3) is 10.1. The Bertz CT molecular complexity index is 1680. The predicted octanol–water partition coefficient (Wildman–Crippen LogP) is 7.60. The molecular formula is C37H55N7O4Si2. The highest BCUT2D eigenvalue weighted by molar-refractivity contribution is 6.76. The van der Waals surface area contributed by atoms with Crippen molar-refractivity contribution in [1.29, 1.82) is 5.26 Å². The highest BCUT2D eigenvalue weighted by Crippen LogP contribution is 2.41. The molecule has 0 atom stereocenters. The van der Waals surface area contributed by atoms with Gasteiger partial charge in [-0.1, -0.05) is 57.5 Å². The Balaban J connectivity index is 1.50. The first-order valence-electron chi connectivity index (χ1n) is 17.8. The van der Waals surface area contributed by atoms with E-state index < -0.39 is 21.7 Å². The largest absolute Gasteiger partial charge is 0.382 e. The molecule has 1 aliphatic carbocycles. The van der Waals surface area contributed by atoms with Gasteiger partial charge in [0.05, 0.1) is 37.4 Å². The van der Waals surface area contributed by atoms with Crippen molar-refractivity contribution in [2.24, 2.45) is 0 Å². The van der Waals surface area contributed by atoms with E-state index in [1.165, 1.54) is 0 Å². The smallest absolute Gasteiger partial charge is 0.165 e. The lowest BCUT2D eigenvalue weighted by molar-refractivity contribution is -0.0494. The van der Waals surface area contributed by atoms with Crippen LogP contribution in [0.5, 0.6) is 0 Å². The molecule has 5 rings (SSSR count). The van der Waals surface area contributed by atoms with E-state index in [1.54, 1.807) is 7.11 Å². The molecule has 0 unspecified atom stereocenters. The lowest BCUT2D eigenvalue weighted by Gasteiger charge is -2.35. The quantitative estimate of drug-likeness (QED) is 0.0584. The van der Waals surface area contributed by atoms with Gasteiger partial charge in [0.15, 0.2) is 11.2 Å². The van der Waals surface area contributed by atoms with Crippen LogP contribution in [0.3, 0.4) is 0 Å². The molecule has 0 bridgehead atoms. The van der Waals surface area contributed by atoms with Gasteiger partial charge in [-0.05, 0) is 49.9 Å². The third-order valence-corrected chi connectivity index (χ3v) is 12.7. The van der Waals surface area contributed by atoms with Gasteiger partial charge < -0.3 is 23.8 Å². The number of aromatic nitrogens is 5. The molecule has 0 amide bonds. The number of benzene rings is 1. The van der Waals surface area contributed by atoms with Crippen molar-refractivity contribution in [3.8, 4) is 22.9 Å². The van der Waals surface area contributed by atoms with Crippen LogP contribution in [0.25, 0.3) is 22.5 Å². The van der Waals surface area contributed by atoms with Gasteiger partial charge in [-0.15, -0.1) is 0 Å². The number of ether oxygens (including phenoxy) is 4. The Morgan fingerprint density at radius 3 is 2.16 bits per heavy atom. The molecule has 0 spiro atoms. The number of para-hydroxylation sites is 1. The maximum atomic E-state index is 10.1. The summed E-state index contributed by atoms with van der Waals surface area (Å²) >= 11 is 0. The lowest BCUT2D eigenvalue weighted by Crippen LogP contribution is -2.36. The summed E-state index contributed by atoms with van der Waals surface area (Å²) < 4.78 is 27.7. The summed E-state index contributed by atoms with van der Waals surface area (Å²) in [6.07, 6.45) is 8.63. The van der Waals surface area contributed by atoms with Gasteiger partial charge >= 0.3 is 0 Å². The summed E-state index contributed by atoms with van der Waals surface area (Å²) in [5.41, 5.74) is 3.76. The van der Waals surface area contributed by atoms with Crippen LogP contribution in [0.1, 0.15) is 37.3 Å². The highest BCUT2D eigenvalue weighted by Gasteiger charge is 2.38. The molecule has 1 aromatic carbocycles. The van der Waals surface area contributed by atoms with Crippen molar-refractivity contribution in [2.45, 2.75) is 88.6 Å². The molecule has 11 nitrogen and oxygen atoms in total. The zero-order valence-corrected chi connectivity index (χ0v) is 33.0. The van der Waals surface area contributed by atoms with Crippen molar-refractivity contribution in [2.75, 3.05) is 51.9 Å². The van der Waals surface area contributed by atoms with Gasteiger partial charge in [-0.2, -0.15) is 20.0 Å². The van der Waals surface area contributed by atoms with Gasteiger partial charge in [0.1, 0.15) is 19.3 Å². The minimum absolute atomic E-state index is 0.156. The van der Waals surface area contributed by atoms with E-state index >= 15 is 0 Å². The molecule has 3 aromatic heterocycles. The third-order valence-electron chi connectivity index (χ3n) is 9.28. The molecule has 4 aromatic rings. The van der Waals surface area contributed by atoms with Crippen LogP contribution in [0.15, 0.2) is 55.0 Å². The lowest BCUT2D eigenvalue weighted by atomic mass is 9.78. The molecule has 1 fully saturated rings. The Kier molecular flexibility index (Phi) is 12.7. The molecule has 0 N–H and O–H groups in total. The van der Waals surface area contributed by atoms with E-state index in [-0.39, 0.29) is 5.92 Å². The van der Waals surface area contributed by atoms with Crippen molar-refractivity contribution < 1.29 is 18.9 Å². The number of hydrogen-bond acceptors (Lipinski definition) is 9. The monoisotopic (exact) mass is 717 g/mol. The summed E-state index contributed by atoms with van der Waals surface area (Å²) in [6.45, 7) is 17.2. The average Bonchev–Trinajstić information content (AvgIpc) is 3.75. The molecule has 270 valence electrons. The van der Waals surface area contributed by atoms with E-state index in [2.05, 4.69) is 61.4 Å². The molecular weight excluding hydrogens is 663 g/mol. The van der Waals surface area contributed by atoms with E-state index in [9.17, 15) is 5.26 Å². The van der Waals surface area contributed by atoms with Crippen molar-refractivity contribution >= 4 is 27.6 Å². The molecule has 1 aliphatic rings. The number of methoxy groups -OCH3 is 1. The van der Waals surface area contributed by atoms with Crippen molar-refractivity contribution in [3.63, 3.8) is 0 Å². The van der Waals surface area contributed by atoms with Crippen LogP contribution in [-0.4, -0.2) is 93.1 Å². The van der Waals surface area contributed by atoms with Gasteiger partial charge in [0.2, 0.25) is 0 Å². The molecule has 50 heavy (non-hydrogen) atoms. The summed E-state index contributed by atoms with van der Waals surface area (Å²) in [5.74, 6) is 1.03. The van der Waals surface area contributed by atoms with Gasteiger partial charge in [-0.3, -0.25) is 0 Å². The van der Waals surface area contributed by atoms with Crippen LogP contribution in [0.2, 0.25) is 51.4 Å². The predicted molar refractivity (Wildman–Crippen MR) is 203 cm³/mol. The number of nitriles is 1. The summed E-state index contributed by atoms with van der Waals surface area (Å²) in [4.78, 5) is 7.44. The van der Waals surface area contributed by atoms with Crippen LogP contribution in [-0.2, 0) is 18.9 Å². The van der Waals surface area contributed by atoms with Crippen LogP contribution < -0.4 is 4.90 Å². The Labute approximate surface area is 299 Å². The fraction of sp³-hybridized carbons (Fsp3) is 0.568. The molecule has 0 saturated heterocycles. The average molecular weight is 718 g/mol. The molecule has 3 heterocycles. The van der Waals surface area contributed by atoms with E-state index in [4.69, 9.17) is 29.0 Å². The maximum absolute atomic E-state index is 10.1. The minimum atomic E-state index is -1.26. The fourth-order valence-corrected chi connectivity index (χ4v) is 7.56. The fourth-order valence-electron chi connectivity index (χ4n) is 6.05. The Morgan fingerprint density at radius 2 is 1.56 bits per heavy atom. The van der Waals surface area contributed by atoms with Crippen molar-refractivity contribution in [3.05, 3.63) is 60.7 Å². The SMILES string of the molecule is COCCOC1(C#N)CCC(c2cc(N(COCC[Si](C)(C)C)COCC[Si](C)(C)C)n3ncc(-c4cnn(-c5ccccc5)c4)c3n2)CC1. The first-order valence-corrected chi connectivity index (χ1v) is 25.3. The second kappa shape index (κ2) is 16.8. The standard InChI is InChI=1S/C37H55N7O4Si2/c1-45-17-18-48-37(27-38)15-13-30(14-16-37)34-23-35(42(28-46-19-21-49(2,3)4)29-47-20-22-50(5,6)7)44-36(41-34)33(25-40-44)31-24-39-43(26-31)32-11-9-8-10-12-32/h8-12,23-26,30H,13-22,28-29H2,1-7H3. The zero-order chi connectivity index (χ0) is 35.8. The number of nitrogens with zero attached hydrogens (tertiary/aromatic N) is 7. The van der Waals surface area contributed by atoms with Crippen LogP contribution in [0, 0.1) is 11.3 Å². The Hall–Kier alpha value is -3.39. The van der Waals surface area contributed by atoms with Gasteiger partial charge in [-0.25, -0.2) is 9.67 Å². The second-order valence-corrected chi connectivity index (χ2v) is 27.0. The summed E-state index contributed by atoms with van der Waals surface area (Å²) in [6, 6.07) is 16.9.